The van der Waals surface area contributed by atoms with Gasteiger partial charge in [-0.15, -0.1) is 0 Å². The van der Waals surface area contributed by atoms with Gasteiger partial charge in [-0.2, -0.15) is 0 Å². The van der Waals surface area contributed by atoms with E-state index in [1.807, 2.05) is 0 Å². The van der Waals surface area contributed by atoms with Gasteiger partial charge in [0.25, 0.3) is 0 Å². The third kappa shape index (κ3) is 6.74. The molecule has 0 aliphatic carbocycles. The topological polar surface area (TPSA) is 56.7 Å². The Morgan fingerprint density at radius 2 is 1.84 bits per heavy atom. The molecule has 134 valence electrons. The average molecular weight is 408 g/mol. The zero-order valence-electron chi connectivity index (χ0n) is 14.6. The van der Waals surface area contributed by atoms with Gasteiger partial charge in [-0.05, 0) is 47.9 Å². The van der Waals surface area contributed by atoms with Crippen LogP contribution in [-0.2, 0) is 6.54 Å². The molecule has 0 saturated carbocycles. The highest BCUT2D eigenvalue weighted by Gasteiger charge is 2.11. The van der Waals surface area contributed by atoms with E-state index in [0.29, 0.717) is 18.1 Å². The van der Waals surface area contributed by atoms with Crippen molar-refractivity contribution >= 4 is 27.6 Å². The summed E-state index contributed by atoms with van der Waals surface area (Å²) < 4.78 is 14.7. The van der Waals surface area contributed by atoms with E-state index in [0.717, 1.165) is 10.2 Å². The van der Waals surface area contributed by atoms with Crippen molar-refractivity contribution in [1.29, 1.82) is 0 Å². The fraction of sp³-hybridized carbons (Fsp3) is 0.316. The second-order valence-corrected chi connectivity index (χ2v) is 7.90. The minimum Gasteiger partial charge on any atom is -0.508 e. The highest BCUT2D eigenvalue weighted by molar-refractivity contribution is 9.10. The van der Waals surface area contributed by atoms with Crippen molar-refractivity contribution in [2.24, 2.45) is 10.4 Å². The molecule has 2 aromatic rings. The first-order valence-electron chi connectivity index (χ1n) is 8.01. The van der Waals surface area contributed by atoms with Gasteiger partial charge in [0.15, 0.2) is 5.96 Å². The molecule has 0 radical (unpaired) electrons. The minimum atomic E-state index is -0.285. The van der Waals surface area contributed by atoms with Crippen LogP contribution in [-0.4, -0.2) is 17.6 Å². The zero-order chi connectivity index (χ0) is 18.4. The second-order valence-electron chi connectivity index (χ2n) is 6.99. The number of nitrogens with one attached hydrogen (secondary N) is 2. The van der Waals surface area contributed by atoms with Crippen molar-refractivity contribution in [1.82, 2.24) is 5.32 Å². The zero-order valence-corrected chi connectivity index (χ0v) is 16.2. The Bertz CT molecular complexity index is 739. The van der Waals surface area contributed by atoms with E-state index in [4.69, 9.17) is 0 Å². The van der Waals surface area contributed by atoms with Crippen molar-refractivity contribution in [2.45, 2.75) is 27.3 Å². The predicted octanol–water partition coefficient (Wildman–Crippen LogP) is 4.90. The summed E-state index contributed by atoms with van der Waals surface area (Å²) in [5.41, 5.74) is 1.36. The number of hydrogen-bond donors (Lipinski definition) is 3. The number of phenols is 1. The SMILES string of the molecule is CC(C)(C)CNC(=NCc1cc(Br)ccc1F)Nc1ccc(O)cc1. The average Bonchev–Trinajstić information content (AvgIpc) is 2.54. The van der Waals surface area contributed by atoms with E-state index in [2.05, 4.69) is 52.3 Å². The van der Waals surface area contributed by atoms with Crippen molar-refractivity contribution < 1.29 is 9.50 Å². The first-order chi connectivity index (χ1) is 11.7. The number of halogens is 2. The molecule has 0 fully saturated rings. The van der Waals surface area contributed by atoms with Gasteiger partial charge in [0.2, 0.25) is 0 Å². The lowest BCUT2D eigenvalue weighted by Gasteiger charge is -2.21. The van der Waals surface area contributed by atoms with Crippen LogP contribution in [0, 0.1) is 11.2 Å². The maximum Gasteiger partial charge on any atom is 0.196 e. The van der Waals surface area contributed by atoms with Crippen LogP contribution >= 0.6 is 15.9 Å². The van der Waals surface area contributed by atoms with Crippen molar-refractivity contribution in [2.75, 3.05) is 11.9 Å². The van der Waals surface area contributed by atoms with Gasteiger partial charge in [-0.3, -0.25) is 0 Å². The number of aromatic hydroxyl groups is 1. The monoisotopic (exact) mass is 407 g/mol. The molecular weight excluding hydrogens is 385 g/mol. The second kappa shape index (κ2) is 8.34. The van der Waals surface area contributed by atoms with Gasteiger partial charge in [-0.25, -0.2) is 9.38 Å². The van der Waals surface area contributed by atoms with E-state index >= 15 is 0 Å². The Labute approximate surface area is 156 Å². The van der Waals surface area contributed by atoms with E-state index in [1.165, 1.54) is 6.07 Å². The van der Waals surface area contributed by atoms with Crippen molar-refractivity contribution in [3.05, 3.63) is 58.3 Å². The summed E-state index contributed by atoms with van der Waals surface area (Å²) in [4.78, 5) is 4.49. The number of nitrogens with zero attached hydrogens (tertiary/aromatic N) is 1. The van der Waals surface area contributed by atoms with Gasteiger partial charge in [0, 0.05) is 22.3 Å². The fourth-order valence-electron chi connectivity index (χ4n) is 2.00. The molecule has 2 rings (SSSR count). The first-order valence-corrected chi connectivity index (χ1v) is 8.80. The largest absolute Gasteiger partial charge is 0.508 e. The molecule has 25 heavy (non-hydrogen) atoms. The van der Waals surface area contributed by atoms with Crippen LogP contribution in [0.5, 0.6) is 5.75 Å². The van der Waals surface area contributed by atoms with Gasteiger partial charge >= 0.3 is 0 Å². The van der Waals surface area contributed by atoms with Gasteiger partial charge in [-0.1, -0.05) is 36.7 Å². The quantitative estimate of drug-likeness (QED) is 0.383. The Morgan fingerprint density at radius 1 is 1.16 bits per heavy atom. The molecule has 0 aromatic heterocycles. The summed E-state index contributed by atoms with van der Waals surface area (Å²) in [6.45, 7) is 7.27. The predicted molar refractivity (Wildman–Crippen MR) is 104 cm³/mol. The lowest BCUT2D eigenvalue weighted by molar-refractivity contribution is 0.408. The highest BCUT2D eigenvalue weighted by Crippen LogP contribution is 2.17. The van der Waals surface area contributed by atoms with E-state index < -0.39 is 0 Å². The molecule has 0 atom stereocenters. The molecule has 0 aliphatic rings. The van der Waals surface area contributed by atoms with Crippen LogP contribution in [0.4, 0.5) is 10.1 Å². The van der Waals surface area contributed by atoms with Crippen LogP contribution < -0.4 is 10.6 Å². The summed E-state index contributed by atoms with van der Waals surface area (Å²) in [6, 6.07) is 11.5. The molecule has 0 heterocycles. The van der Waals surface area contributed by atoms with Crippen LogP contribution in [0.15, 0.2) is 51.9 Å². The maximum absolute atomic E-state index is 13.9. The molecular formula is C19H23BrFN3O. The molecule has 0 bridgehead atoms. The molecule has 0 unspecified atom stereocenters. The molecule has 6 heteroatoms. The highest BCUT2D eigenvalue weighted by atomic mass is 79.9. The number of hydrogen-bond acceptors (Lipinski definition) is 2. The van der Waals surface area contributed by atoms with E-state index in [9.17, 15) is 9.50 Å². The van der Waals surface area contributed by atoms with E-state index in [-0.39, 0.29) is 23.5 Å². The number of benzene rings is 2. The summed E-state index contributed by atoms with van der Waals surface area (Å²) in [6.07, 6.45) is 0. The summed E-state index contributed by atoms with van der Waals surface area (Å²) >= 11 is 3.35. The Morgan fingerprint density at radius 3 is 2.48 bits per heavy atom. The first kappa shape index (κ1) is 19.2. The van der Waals surface area contributed by atoms with Crippen molar-refractivity contribution in [3.8, 4) is 5.75 Å². The Balaban J connectivity index is 2.17. The van der Waals surface area contributed by atoms with Crippen LogP contribution in [0.3, 0.4) is 0 Å². The number of rotatable bonds is 4. The Hall–Kier alpha value is -2.08. The third-order valence-corrected chi connectivity index (χ3v) is 3.82. The molecule has 0 saturated heterocycles. The molecule has 2 aromatic carbocycles. The third-order valence-electron chi connectivity index (χ3n) is 3.33. The van der Waals surface area contributed by atoms with Gasteiger partial charge < -0.3 is 15.7 Å². The van der Waals surface area contributed by atoms with Crippen LogP contribution in [0.1, 0.15) is 26.3 Å². The summed E-state index contributed by atoms with van der Waals surface area (Å²) in [5.74, 6) is 0.467. The molecule has 0 amide bonds. The fourth-order valence-corrected chi connectivity index (χ4v) is 2.41. The van der Waals surface area contributed by atoms with Crippen molar-refractivity contribution in [3.63, 3.8) is 0 Å². The molecule has 0 spiro atoms. The van der Waals surface area contributed by atoms with Gasteiger partial charge in [0.05, 0.1) is 6.54 Å². The standard InChI is InChI=1S/C19H23BrFN3O/c1-19(2,3)12-23-18(24-15-5-7-16(25)8-6-15)22-11-13-10-14(20)4-9-17(13)21/h4-10,25H,11-12H2,1-3H3,(H2,22,23,24). The van der Waals surface area contributed by atoms with Gasteiger partial charge in [0.1, 0.15) is 11.6 Å². The van der Waals surface area contributed by atoms with Crippen LogP contribution in [0.2, 0.25) is 0 Å². The lowest BCUT2D eigenvalue weighted by Crippen LogP contribution is -2.37. The molecule has 3 N–H and O–H groups in total. The number of anilines is 1. The number of phenolic OH excluding ortho intramolecular Hbond substituents is 1. The Kier molecular flexibility index (Phi) is 6.42. The summed E-state index contributed by atoms with van der Waals surface area (Å²) in [5, 5.41) is 15.8. The minimum absolute atomic E-state index is 0.0679. The normalized spacial score (nSPS) is 12.1. The molecule has 0 aliphatic heterocycles. The number of aliphatic imine (C=N–C) groups is 1. The lowest BCUT2D eigenvalue weighted by atomic mass is 9.97. The maximum atomic E-state index is 13.9. The smallest absolute Gasteiger partial charge is 0.196 e. The molecule has 4 nitrogen and oxygen atoms in total. The summed E-state index contributed by atoms with van der Waals surface area (Å²) in [7, 11) is 0. The number of guanidine groups is 1. The van der Waals surface area contributed by atoms with E-state index in [1.54, 1.807) is 36.4 Å². The van der Waals surface area contributed by atoms with Crippen LogP contribution in [0.25, 0.3) is 0 Å².